The Kier molecular flexibility index (Phi) is 4.57. The number of amides is 1. The number of carbonyl (C=O) groups is 2. The number of aryl methyl sites for hydroxylation is 1. The summed E-state index contributed by atoms with van der Waals surface area (Å²) in [4.78, 5) is 32.3. The average molecular weight is 266 g/mol. The Bertz CT molecular complexity index is 539. The number of esters is 1. The number of nitrogens with one attached hydrogen (secondary N) is 1. The van der Waals surface area contributed by atoms with Gasteiger partial charge in [0.15, 0.2) is 0 Å². The van der Waals surface area contributed by atoms with Crippen LogP contribution in [0.2, 0.25) is 0 Å². The topological polar surface area (TPSA) is 98.5 Å². The van der Waals surface area contributed by atoms with Gasteiger partial charge in [-0.25, -0.2) is 0 Å². The standard InChI is InChI=1S/C12H14N2O5/c1-7-4-5-11(14(17)18)12(13-8(2)15)10(7)6-19-9(3)16/h4-5H,6H2,1-3H3,(H,13,15). The zero-order chi connectivity index (χ0) is 14.6. The largest absolute Gasteiger partial charge is 0.461 e. The van der Waals surface area contributed by atoms with Gasteiger partial charge in [0.05, 0.1) is 4.92 Å². The summed E-state index contributed by atoms with van der Waals surface area (Å²) in [6, 6.07) is 2.85. The van der Waals surface area contributed by atoms with Crippen molar-refractivity contribution in [3.8, 4) is 0 Å². The highest BCUT2D eigenvalue weighted by molar-refractivity contribution is 5.92. The van der Waals surface area contributed by atoms with E-state index in [1.54, 1.807) is 13.0 Å². The summed E-state index contributed by atoms with van der Waals surface area (Å²) in [6.07, 6.45) is 0. The van der Waals surface area contributed by atoms with E-state index in [2.05, 4.69) is 5.32 Å². The lowest BCUT2D eigenvalue weighted by molar-refractivity contribution is -0.384. The molecule has 1 amide bonds. The first-order chi connectivity index (χ1) is 8.82. The van der Waals surface area contributed by atoms with E-state index in [0.29, 0.717) is 11.1 Å². The summed E-state index contributed by atoms with van der Waals surface area (Å²) in [5.41, 5.74) is 0.942. The molecule has 0 aromatic heterocycles. The molecule has 1 aromatic rings. The lowest BCUT2D eigenvalue weighted by Gasteiger charge is -2.13. The minimum absolute atomic E-state index is 0.0683. The first-order valence-corrected chi connectivity index (χ1v) is 5.50. The molecule has 7 heteroatoms. The van der Waals surface area contributed by atoms with Gasteiger partial charge in [0.25, 0.3) is 5.69 Å². The molecule has 0 heterocycles. The molecule has 0 saturated heterocycles. The number of hydrogen-bond donors (Lipinski definition) is 1. The second-order valence-electron chi connectivity index (χ2n) is 3.97. The molecular formula is C12H14N2O5. The van der Waals surface area contributed by atoms with Crippen molar-refractivity contribution in [3.05, 3.63) is 33.4 Å². The molecule has 0 saturated carbocycles. The van der Waals surface area contributed by atoms with E-state index in [4.69, 9.17) is 4.74 Å². The fourth-order valence-corrected chi connectivity index (χ4v) is 1.57. The van der Waals surface area contributed by atoms with Crippen molar-refractivity contribution in [2.24, 2.45) is 0 Å². The van der Waals surface area contributed by atoms with Crippen LogP contribution in [0.4, 0.5) is 11.4 Å². The summed E-state index contributed by atoms with van der Waals surface area (Å²) >= 11 is 0. The number of carbonyl (C=O) groups excluding carboxylic acids is 2. The molecule has 0 bridgehead atoms. The third kappa shape index (κ3) is 3.77. The number of nitro groups is 1. The molecule has 19 heavy (non-hydrogen) atoms. The first kappa shape index (κ1) is 14.6. The molecule has 0 aliphatic rings. The van der Waals surface area contributed by atoms with Gasteiger partial charge in [0, 0.05) is 25.5 Å². The van der Waals surface area contributed by atoms with Gasteiger partial charge in [0.2, 0.25) is 5.91 Å². The van der Waals surface area contributed by atoms with Gasteiger partial charge >= 0.3 is 5.97 Å². The predicted octanol–water partition coefficient (Wildman–Crippen LogP) is 1.92. The van der Waals surface area contributed by atoms with E-state index >= 15 is 0 Å². The number of anilines is 1. The lowest BCUT2D eigenvalue weighted by atomic mass is 10.1. The van der Waals surface area contributed by atoms with Crippen LogP contribution in [-0.4, -0.2) is 16.8 Å². The summed E-state index contributed by atoms with van der Waals surface area (Å²) in [5, 5.41) is 13.4. The SMILES string of the molecule is CC(=O)Nc1c([N+](=O)[O-])ccc(C)c1COC(C)=O. The molecule has 0 spiro atoms. The highest BCUT2D eigenvalue weighted by Crippen LogP contribution is 2.31. The molecule has 0 aliphatic carbocycles. The number of benzene rings is 1. The van der Waals surface area contributed by atoms with Gasteiger partial charge < -0.3 is 10.1 Å². The molecule has 1 rings (SSSR count). The van der Waals surface area contributed by atoms with Crippen molar-refractivity contribution in [3.63, 3.8) is 0 Å². The van der Waals surface area contributed by atoms with E-state index in [9.17, 15) is 19.7 Å². The zero-order valence-corrected chi connectivity index (χ0v) is 10.9. The molecule has 0 radical (unpaired) electrons. The number of hydrogen-bond acceptors (Lipinski definition) is 5. The third-order valence-electron chi connectivity index (χ3n) is 2.44. The maximum atomic E-state index is 11.1. The van der Waals surface area contributed by atoms with E-state index in [1.165, 1.54) is 19.9 Å². The van der Waals surface area contributed by atoms with Gasteiger partial charge in [0.1, 0.15) is 12.3 Å². The smallest absolute Gasteiger partial charge is 0.302 e. The molecule has 0 fully saturated rings. The van der Waals surface area contributed by atoms with Crippen molar-refractivity contribution in [2.45, 2.75) is 27.4 Å². The summed E-state index contributed by atoms with van der Waals surface area (Å²) < 4.78 is 4.85. The Morgan fingerprint density at radius 2 is 2.00 bits per heavy atom. The number of nitrogens with zero attached hydrogens (tertiary/aromatic N) is 1. The molecular weight excluding hydrogens is 252 g/mol. The third-order valence-corrected chi connectivity index (χ3v) is 2.44. The summed E-state index contributed by atoms with van der Waals surface area (Å²) in [6.45, 7) is 4.08. The Morgan fingerprint density at radius 1 is 1.37 bits per heavy atom. The molecule has 7 nitrogen and oxygen atoms in total. The van der Waals surface area contributed by atoms with Crippen LogP contribution in [0.1, 0.15) is 25.0 Å². The van der Waals surface area contributed by atoms with Crippen LogP contribution in [0.3, 0.4) is 0 Å². The second-order valence-corrected chi connectivity index (χ2v) is 3.97. The van der Waals surface area contributed by atoms with Crippen molar-refractivity contribution in [1.82, 2.24) is 0 Å². The molecule has 0 atom stereocenters. The quantitative estimate of drug-likeness (QED) is 0.510. The van der Waals surface area contributed by atoms with Crippen molar-refractivity contribution >= 4 is 23.3 Å². The van der Waals surface area contributed by atoms with E-state index < -0.39 is 16.8 Å². The highest BCUT2D eigenvalue weighted by atomic mass is 16.6. The van der Waals surface area contributed by atoms with Crippen LogP contribution in [-0.2, 0) is 20.9 Å². The number of ether oxygens (including phenoxy) is 1. The summed E-state index contributed by atoms with van der Waals surface area (Å²) in [5.74, 6) is -0.933. The zero-order valence-electron chi connectivity index (χ0n) is 10.9. The van der Waals surface area contributed by atoms with Gasteiger partial charge in [-0.05, 0) is 12.5 Å². The van der Waals surface area contributed by atoms with Gasteiger partial charge in [-0.1, -0.05) is 6.07 Å². The molecule has 1 N–H and O–H groups in total. The first-order valence-electron chi connectivity index (χ1n) is 5.50. The van der Waals surface area contributed by atoms with Crippen molar-refractivity contribution in [1.29, 1.82) is 0 Å². The predicted molar refractivity (Wildman–Crippen MR) is 67.6 cm³/mol. The van der Waals surface area contributed by atoms with Crippen LogP contribution in [0, 0.1) is 17.0 Å². The Hall–Kier alpha value is -2.44. The maximum Gasteiger partial charge on any atom is 0.302 e. The van der Waals surface area contributed by atoms with E-state index in [0.717, 1.165) is 0 Å². The second kappa shape index (κ2) is 5.94. The maximum absolute atomic E-state index is 11.1. The van der Waals surface area contributed by atoms with Gasteiger partial charge in [-0.3, -0.25) is 19.7 Å². The van der Waals surface area contributed by atoms with Crippen LogP contribution in [0.25, 0.3) is 0 Å². The molecule has 102 valence electrons. The van der Waals surface area contributed by atoms with Crippen molar-refractivity contribution < 1.29 is 19.2 Å². The van der Waals surface area contributed by atoms with Crippen LogP contribution < -0.4 is 5.32 Å². The monoisotopic (exact) mass is 266 g/mol. The summed E-state index contributed by atoms with van der Waals surface area (Å²) in [7, 11) is 0. The fraction of sp³-hybridized carbons (Fsp3) is 0.333. The van der Waals surface area contributed by atoms with Gasteiger partial charge in [-0.2, -0.15) is 0 Å². The Balaban J connectivity index is 3.30. The normalized spacial score (nSPS) is 9.84. The van der Waals surface area contributed by atoms with Crippen molar-refractivity contribution in [2.75, 3.05) is 5.32 Å². The highest BCUT2D eigenvalue weighted by Gasteiger charge is 2.21. The Labute approximate surface area is 109 Å². The minimum atomic E-state index is -0.595. The molecule has 0 unspecified atom stereocenters. The minimum Gasteiger partial charge on any atom is -0.461 e. The average Bonchev–Trinajstić information content (AvgIpc) is 2.26. The number of rotatable bonds is 4. The Morgan fingerprint density at radius 3 is 2.47 bits per heavy atom. The molecule has 0 aliphatic heterocycles. The van der Waals surface area contributed by atoms with E-state index in [1.807, 2.05) is 0 Å². The molecule has 1 aromatic carbocycles. The van der Waals surface area contributed by atoms with E-state index in [-0.39, 0.29) is 18.0 Å². The lowest BCUT2D eigenvalue weighted by Crippen LogP contribution is -2.12. The van der Waals surface area contributed by atoms with Crippen LogP contribution in [0.5, 0.6) is 0 Å². The fourth-order valence-electron chi connectivity index (χ4n) is 1.57. The van der Waals surface area contributed by atoms with Crippen LogP contribution >= 0.6 is 0 Å². The van der Waals surface area contributed by atoms with Gasteiger partial charge in [-0.15, -0.1) is 0 Å². The number of nitro benzene ring substituents is 1. The van der Waals surface area contributed by atoms with Crippen LogP contribution in [0.15, 0.2) is 12.1 Å².